The van der Waals surface area contributed by atoms with Crippen molar-refractivity contribution in [2.45, 2.75) is 0 Å². The van der Waals surface area contributed by atoms with E-state index < -0.39 is 0 Å². The lowest BCUT2D eigenvalue weighted by Gasteiger charge is -2.33. The van der Waals surface area contributed by atoms with Crippen LogP contribution in [0.15, 0.2) is 41.0 Å². The maximum absolute atomic E-state index is 12.2. The highest BCUT2D eigenvalue weighted by Gasteiger charge is 2.24. The maximum Gasteiger partial charge on any atom is 0.289 e. The van der Waals surface area contributed by atoms with E-state index in [2.05, 4.69) is 5.32 Å². The molecule has 0 bridgehead atoms. The Labute approximate surface area is 156 Å². The molecule has 1 fully saturated rings. The maximum atomic E-state index is 12.2. The van der Waals surface area contributed by atoms with Gasteiger partial charge in [0.2, 0.25) is 5.91 Å². The van der Waals surface area contributed by atoms with Gasteiger partial charge in [-0.15, -0.1) is 0 Å². The monoisotopic (exact) mass is 377 g/mol. The average molecular weight is 378 g/mol. The number of carbonyl (C=O) groups is 2. The fourth-order valence-electron chi connectivity index (χ4n) is 2.81. The van der Waals surface area contributed by atoms with E-state index in [9.17, 15) is 9.59 Å². The number of anilines is 1. The van der Waals surface area contributed by atoms with E-state index in [0.717, 1.165) is 0 Å². The van der Waals surface area contributed by atoms with Crippen LogP contribution in [0.5, 0.6) is 5.75 Å². The Kier molecular flexibility index (Phi) is 5.80. The molecule has 2 amide bonds. The lowest BCUT2D eigenvalue weighted by atomic mass is 10.2. The van der Waals surface area contributed by atoms with Gasteiger partial charge in [0.05, 0.1) is 24.9 Å². The highest BCUT2D eigenvalue weighted by Crippen LogP contribution is 2.27. The third-order valence-electron chi connectivity index (χ3n) is 4.19. The minimum Gasteiger partial charge on any atom is -0.495 e. The number of rotatable bonds is 5. The average Bonchev–Trinajstić information content (AvgIpc) is 3.16. The Morgan fingerprint density at radius 1 is 1.23 bits per heavy atom. The Morgan fingerprint density at radius 3 is 2.62 bits per heavy atom. The van der Waals surface area contributed by atoms with Crippen LogP contribution >= 0.6 is 11.6 Å². The van der Waals surface area contributed by atoms with Gasteiger partial charge in [0.1, 0.15) is 5.75 Å². The highest BCUT2D eigenvalue weighted by atomic mass is 35.5. The van der Waals surface area contributed by atoms with E-state index in [1.165, 1.54) is 13.4 Å². The number of methoxy groups -OCH3 is 1. The predicted molar refractivity (Wildman–Crippen MR) is 97.7 cm³/mol. The molecule has 3 rings (SSSR count). The number of carbonyl (C=O) groups excluding carboxylic acids is 2. The smallest absolute Gasteiger partial charge is 0.289 e. The van der Waals surface area contributed by atoms with Crippen molar-refractivity contribution >= 4 is 29.1 Å². The molecule has 26 heavy (non-hydrogen) atoms. The van der Waals surface area contributed by atoms with Crippen LogP contribution in [-0.4, -0.2) is 61.4 Å². The minimum atomic E-state index is -0.128. The second kappa shape index (κ2) is 8.25. The summed E-state index contributed by atoms with van der Waals surface area (Å²) in [6, 6.07) is 8.44. The van der Waals surface area contributed by atoms with E-state index >= 15 is 0 Å². The third kappa shape index (κ3) is 4.36. The number of piperazine rings is 1. The van der Waals surface area contributed by atoms with Crippen LogP contribution in [0.3, 0.4) is 0 Å². The summed E-state index contributed by atoms with van der Waals surface area (Å²) in [5.74, 6) is 0.651. The zero-order valence-electron chi connectivity index (χ0n) is 14.4. The molecule has 0 atom stereocenters. The van der Waals surface area contributed by atoms with Gasteiger partial charge in [-0.1, -0.05) is 11.6 Å². The van der Waals surface area contributed by atoms with Gasteiger partial charge in [0.15, 0.2) is 5.76 Å². The summed E-state index contributed by atoms with van der Waals surface area (Å²) in [4.78, 5) is 28.2. The molecule has 0 unspecified atom stereocenters. The minimum absolute atomic E-state index is 0.119. The Bertz CT molecular complexity index is 771. The molecule has 0 aliphatic carbocycles. The van der Waals surface area contributed by atoms with Crippen LogP contribution in [0.1, 0.15) is 10.6 Å². The molecule has 1 N–H and O–H groups in total. The summed E-state index contributed by atoms with van der Waals surface area (Å²) in [5, 5.41) is 3.26. The summed E-state index contributed by atoms with van der Waals surface area (Å²) < 4.78 is 10.2. The molecule has 0 saturated carbocycles. The molecular formula is C18H20ClN3O4. The van der Waals surface area contributed by atoms with Crippen molar-refractivity contribution in [3.05, 3.63) is 47.4 Å². The molecular weight excluding hydrogens is 358 g/mol. The Balaban J connectivity index is 1.47. The number of nitrogens with one attached hydrogen (secondary N) is 1. The molecule has 2 aromatic rings. The van der Waals surface area contributed by atoms with Crippen LogP contribution in [-0.2, 0) is 4.79 Å². The summed E-state index contributed by atoms with van der Waals surface area (Å²) in [5.41, 5.74) is 0.618. The Morgan fingerprint density at radius 2 is 2.00 bits per heavy atom. The van der Waals surface area contributed by atoms with Crippen molar-refractivity contribution < 1.29 is 18.7 Å². The zero-order valence-corrected chi connectivity index (χ0v) is 15.2. The largest absolute Gasteiger partial charge is 0.495 e. The molecule has 1 aliphatic rings. The van der Waals surface area contributed by atoms with Gasteiger partial charge in [-0.3, -0.25) is 14.5 Å². The Hall–Kier alpha value is -2.51. The molecule has 2 heterocycles. The predicted octanol–water partition coefficient (Wildman–Crippen LogP) is 2.34. The van der Waals surface area contributed by atoms with Crippen molar-refractivity contribution in [2.24, 2.45) is 0 Å². The zero-order chi connectivity index (χ0) is 18.5. The van der Waals surface area contributed by atoms with Gasteiger partial charge >= 0.3 is 0 Å². The van der Waals surface area contributed by atoms with Crippen LogP contribution in [0.25, 0.3) is 0 Å². The number of amides is 2. The number of hydrogen-bond donors (Lipinski definition) is 1. The fraction of sp³-hybridized carbons (Fsp3) is 0.333. The van der Waals surface area contributed by atoms with Crippen molar-refractivity contribution in [1.82, 2.24) is 9.80 Å². The standard InChI is InChI=1S/C18H20ClN3O4/c1-25-15-5-4-13(11-14(15)19)20-17(23)12-21-6-8-22(9-7-21)18(24)16-3-2-10-26-16/h2-5,10-11H,6-9,12H2,1H3,(H,20,23). The topological polar surface area (TPSA) is 75.0 Å². The van der Waals surface area contributed by atoms with Gasteiger partial charge in [-0.2, -0.15) is 0 Å². The summed E-state index contributed by atoms with van der Waals surface area (Å²) in [6.45, 7) is 2.63. The molecule has 8 heteroatoms. The van der Waals surface area contributed by atoms with E-state index in [4.69, 9.17) is 20.8 Å². The van der Waals surface area contributed by atoms with Crippen molar-refractivity contribution in [3.8, 4) is 5.75 Å². The molecule has 1 aromatic heterocycles. The van der Waals surface area contributed by atoms with Gasteiger partial charge in [0, 0.05) is 31.9 Å². The van der Waals surface area contributed by atoms with Gasteiger partial charge in [0.25, 0.3) is 5.91 Å². The van der Waals surface area contributed by atoms with Crippen molar-refractivity contribution in [3.63, 3.8) is 0 Å². The lowest BCUT2D eigenvalue weighted by Crippen LogP contribution is -2.50. The molecule has 1 aromatic carbocycles. The summed E-state index contributed by atoms with van der Waals surface area (Å²) >= 11 is 6.06. The van der Waals surface area contributed by atoms with E-state index in [1.54, 1.807) is 35.2 Å². The van der Waals surface area contributed by atoms with E-state index in [1.807, 2.05) is 4.90 Å². The highest BCUT2D eigenvalue weighted by molar-refractivity contribution is 6.32. The molecule has 1 saturated heterocycles. The molecule has 138 valence electrons. The summed E-state index contributed by atoms with van der Waals surface area (Å²) in [6.07, 6.45) is 1.49. The van der Waals surface area contributed by atoms with Gasteiger partial charge < -0.3 is 19.4 Å². The second-order valence-electron chi connectivity index (χ2n) is 5.94. The normalized spacial score (nSPS) is 14.9. The van der Waals surface area contributed by atoms with Crippen molar-refractivity contribution in [1.29, 1.82) is 0 Å². The number of nitrogens with zero attached hydrogens (tertiary/aromatic N) is 2. The quantitative estimate of drug-likeness (QED) is 0.865. The molecule has 0 radical (unpaired) electrons. The second-order valence-corrected chi connectivity index (χ2v) is 6.35. The van der Waals surface area contributed by atoms with Crippen molar-refractivity contribution in [2.75, 3.05) is 45.2 Å². The van der Waals surface area contributed by atoms with Crippen LogP contribution < -0.4 is 10.1 Å². The molecule has 0 spiro atoms. The first-order chi connectivity index (χ1) is 12.6. The molecule has 7 nitrogen and oxygen atoms in total. The number of halogens is 1. The third-order valence-corrected chi connectivity index (χ3v) is 4.49. The van der Waals surface area contributed by atoms with Crippen LogP contribution in [0, 0.1) is 0 Å². The number of furan rings is 1. The number of ether oxygens (including phenoxy) is 1. The lowest BCUT2D eigenvalue weighted by molar-refractivity contribution is -0.117. The fourth-order valence-corrected chi connectivity index (χ4v) is 3.07. The number of benzene rings is 1. The SMILES string of the molecule is COc1ccc(NC(=O)CN2CCN(C(=O)c3ccco3)CC2)cc1Cl. The van der Waals surface area contributed by atoms with E-state index in [0.29, 0.717) is 48.4 Å². The number of hydrogen-bond acceptors (Lipinski definition) is 5. The van der Waals surface area contributed by atoms with E-state index in [-0.39, 0.29) is 18.4 Å². The molecule has 1 aliphatic heterocycles. The van der Waals surface area contributed by atoms with Gasteiger partial charge in [-0.05, 0) is 30.3 Å². The first-order valence-corrected chi connectivity index (χ1v) is 8.63. The summed E-state index contributed by atoms with van der Waals surface area (Å²) in [7, 11) is 1.54. The first-order valence-electron chi connectivity index (χ1n) is 8.25. The first kappa shape index (κ1) is 18.3. The van der Waals surface area contributed by atoms with Gasteiger partial charge in [-0.25, -0.2) is 0 Å². The van der Waals surface area contributed by atoms with Crippen LogP contribution in [0.4, 0.5) is 5.69 Å². The van der Waals surface area contributed by atoms with Crippen LogP contribution in [0.2, 0.25) is 5.02 Å².